The van der Waals surface area contributed by atoms with E-state index in [9.17, 15) is 5.11 Å². The van der Waals surface area contributed by atoms with Crippen LogP contribution in [0.4, 0.5) is 0 Å². The summed E-state index contributed by atoms with van der Waals surface area (Å²) in [4.78, 5) is 4.08. The van der Waals surface area contributed by atoms with Crippen LogP contribution in [-0.4, -0.2) is 10.1 Å². The van der Waals surface area contributed by atoms with E-state index in [1.807, 2.05) is 66.7 Å². The monoisotopic (exact) mass is 380 g/mol. The molecule has 29 heavy (non-hydrogen) atoms. The van der Waals surface area contributed by atoms with Crippen molar-refractivity contribution in [1.82, 2.24) is 10.3 Å². The number of nitrogens with one attached hydrogen (secondary N) is 1. The van der Waals surface area contributed by atoms with E-state index >= 15 is 0 Å². The molecular weight excluding hydrogens is 356 g/mol. The van der Waals surface area contributed by atoms with Crippen molar-refractivity contribution in [2.45, 2.75) is 18.2 Å². The van der Waals surface area contributed by atoms with Crippen LogP contribution in [0.25, 0.3) is 0 Å². The predicted molar refractivity (Wildman–Crippen MR) is 116 cm³/mol. The van der Waals surface area contributed by atoms with Crippen LogP contribution < -0.4 is 5.32 Å². The van der Waals surface area contributed by atoms with Crippen molar-refractivity contribution in [3.05, 3.63) is 138 Å². The van der Waals surface area contributed by atoms with Crippen molar-refractivity contribution < 1.29 is 5.11 Å². The van der Waals surface area contributed by atoms with Gasteiger partial charge in [-0.15, -0.1) is 0 Å². The third-order valence-electron chi connectivity index (χ3n) is 5.13. The smallest absolute Gasteiger partial charge is 0.0986 e. The second-order valence-corrected chi connectivity index (χ2v) is 7.03. The first-order valence-electron chi connectivity index (χ1n) is 9.82. The van der Waals surface area contributed by atoms with Crippen molar-refractivity contribution in [2.75, 3.05) is 0 Å². The molecule has 3 aromatic carbocycles. The van der Waals surface area contributed by atoms with Gasteiger partial charge >= 0.3 is 0 Å². The van der Waals surface area contributed by atoms with Gasteiger partial charge in [-0.05, 0) is 34.4 Å². The minimum atomic E-state index is -0.713. The zero-order valence-electron chi connectivity index (χ0n) is 16.1. The van der Waals surface area contributed by atoms with E-state index in [-0.39, 0.29) is 12.1 Å². The Morgan fingerprint density at radius 1 is 0.552 bits per heavy atom. The molecule has 0 aliphatic rings. The number of hydrogen-bond acceptors (Lipinski definition) is 3. The molecule has 1 heterocycles. The summed E-state index contributed by atoms with van der Waals surface area (Å²) in [7, 11) is 0. The Balaban J connectivity index is 1.75. The van der Waals surface area contributed by atoms with E-state index in [4.69, 9.17) is 0 Å². The molecule has 4 aromatic rings. The van der Waals surface area contributed by atoms with E-state index < -0.39 is 6.10 Å². The van der Waals surface area contributed by atoms with Gasteiger partial charge in [-0.3, -0.25) is 10.3 Å². The zero-order chi connectivity index (χ0) is 19.9. The summed E-state index contributed by atoms with van der Waals surface area (Å²) in [5.74, 6) is 0. The van der Waals surface area contributed by atoms with Crippen LogP contribution in [0.3, 0.4) is 0 Å². The third-order valence-corrected chi connectivity index (χ3v) is 5.13. The molecule has 2 unspecified atom stereocenters. The Kier molecular flexibility index (Phi) is 6.10. The van der Waals surface area contributed by atoms with Crippen molar-refractivity contribution >= 4 is 0 Å². The molecule has 1 aromatic heterocycles. The van der Waals surface area contributed by atoms with Crippen molar-refractivity contribution in [3.63, 3.8) is 0 Å². The van der Waals surface area contributed by atoms with Crippen LogP contribution in [0.5, 0.6) is 0 Å². The van der Waals surface area contributed by atoms with E-state index in [1.54, 1.807) is 12.4 Å². The highest BCUT2D eigenvalue weighted by atomic mass is 16.3. The fourth-order valence-corrected chi connectivity index (χ4v) is 3.64. The predicted octanol–water partition coefficient (Wildman–Crippen LogP) is 5.24. The van der Waals surface area contributed by atoms with E-state index in [0.29, 0.717) is 0 Å². The van der Waals surface area contributed by atoms with Gasteiger partial charge < -0.3 is 5.11 Å². The molecule has 3 nitrogen and oxygen atoms in total. The first kappa shape index (κ1) is 19.1. The number of aliphatic hydroxyl groups is 1. The number of aromatic nitrogens is 1. The van der Waals surface area contributed by atoms with Gasteiger partial charge in [0.25, 0.3) is 0 Å². The molecule has 0 saturated carbocycles. The minimum absolute atomic E-state index is 0.0564. The van der Waals surface area contributed by atoms with Gasteiger partial charge in [0.1, 0.15) is 0 Å². The summed E-state index contributed by atoms with van der Waals surface area (Å²) >= 11 is 0. The van der Waals surface area contributed by atoms with Crippen LogP contribution in [0, 0.1) is 0 Å². The number of nitrogens with zero attached hydrogens (tertiary/aromatic N) is 1. The highest BCUT2D eigenvalue weighted by Gasteiger charge is 2.27. The topological polar surface area (TPSA) is 45.2 Å². The molecule has 2 N–H and O–H groups in total. The number of aliphatic hydroxyl groups excluding tert-OH is 1. The molecule has 0 aliphatic heterocycles. The molecule has 2 atom stereocenters. The van der Waals surface area contributed by atoms with Crippen molar-refractivity contribution in [3.8, 4) is 0 Å². The number of benzene rings is 3. The lowest BCUT2D eigenvalue weighted by molar-refractivity contribution is 0.124. The quantitative estimate of drug-likeness (QED) is 0.461. The van der Waals surface area contributed by atoms with Crippen LogP contribution in [0.1, 0.15) is 40.4 Å². The second kappa shape index (κ2) is 9.28. The van der Waals surface area contributed by atoms with Crippen LogP contribution >= 0.6 is 0 Å². The molecule has 144 valence electrons. The van der Waals surface area contributed by atoms with E-state index in [2.05, 4.69) is 46.7 Å². The summed E-state index contributed by atoms with van der Waals surface area (Å²) in [6.45, 7) is 0. The maximum Gasteiger partial charge on any atom is 0.0986 e. The molecule has 0 amide bonds. The normalized spacial score (nSPS) is 13.2. The lowest BCUT2D eigenvalue weighted by atomic mass is 9.92. The minimum Gasteiger partial charge on any atom is -0.386 e. The zero-order valence-corrected chi connectivity index (χ0v) is 16.1. The van der Waals surface area contributed by atoms with Crippen LogP contribution in [0.15, 0.2) is 116 Å². The Hall–Kier alpha value is -3.27. The lowest BCUT2D eigenvalue weighted by Crippen LogP contribution is -2.31. The Bertz CT molecular complexity index is 952. The van der Waals surface area contributed by atoms with Crippen molar-refractivity contribution in [1.29, 1.82) is 0 Å². The van der Waals surface area contributed by atoms with Gasteiger partial charge in [0.2, 0.25) is 0 Å². The van der Waals surface area contributed by atoms with Gasteiger partial charge in [0, 0.05) is 12.4 Å². The Morgan fingerprint density at radius 3 is 1.48 bits per heavy atom. The van der Waals surface area contributed by atoms with Gasteiger partial charge in [-0.1, -0.05) is 91.0 Å². The molecular formula is C26H24N2O. The summed E-state index contributed by atoms with van der Waals surface area (Å²) in [6, 6.07) is 34.2. The molecule has 0 bridgehead atoms. The van der Waals surface area contributed by atoms with E-state index in [1.165, 1.54) is 0 Å². The highest BCUT2D eigenvalue weighted by Crippen LogP contribution is 2.33. The van der Waals surface area contributed by atoms with E-state index in [0.717, 1.165) is 22.3 Å². The van der Waals surface area contributed by atoms with Gasteiger partial charge in [-0.25, -0.2) is 0 Å². The summed E-state index contributed by atoms with van der Waals surface area (Å²) in [6.07, 6.45) is 2.72. The molecule has 0 saturated heterocycles. The first-order valence-corrected chi connectivity index (χ1v) is 9.82. The van der Waals surface area contributed by atoms with Gasteiger partial charge in [0.05, 0.1) is 18.2 Å². The molecule has 0 spiro atoms. The number of rotatable bonds is 7. The Morgan fingerprint density at radius 2 is 1.00 bits per heavy atom. The average molecular weight is 380 g/mol. The van der Waals surface area contributed by atoms with Gasteiger partial charge in [-0.2, -0.15) is 0 Å². The SMILES string of the molecule is OC(c1ccncc1)C(NC(c1ccccc1)c1ccccc1)c1ccccc1. The number of hydrogen-bond donors (Lipinski definition) is 2. The first-order chi connectivity index (χ1) is 14.3. The molecule has 3 heteroatoms. The maximum atomic E-state index is 11.3. The average Bonchev–Trinajstić information content (AvgIpc) is 2.82. The highest BCUT2D eigenvalue weighted by molar-refractivity contribution is 5.34. The second-order valence-electron chi connectivity index (χ2n) is 7.03. The molecule has 0 aliphatic carbocycles. The molecule has 0 radical (unpaired) electrons. The van der Waals surface area contributed by atoms with Crippen LogP contribution in [-0.2, 0) is 0 Å². The fourth-order valence-electron chi connectivity index (χ4n) is 3.64. The summed E-state index contributed by atoms with van der Waals surface area (Å²) in [5.41, 5.74) is 4.18. The van der Waals surface area contributed by atoms with Gasteiger partial charge in [0.15, 0.2) is 0 Å². The Labute approximate surface area is 171 Å². The standard InChI is InChI=1S/C26H24N2O/c29-26(23-16-18-27-19-17-23)25(22-14-8-3-9-15-22)28-24(20-10-4-1-5-11-20)21-12-6-2-7-13-21/h1-19,24-26,28-29H. The van der Waals surface area contributed by atoms with Crippen molar-refractivity contribution in [2.24, 2.45) is 0 Å². The van der Waals surface area contributed by atoms with Crippen LogP contribution in [0.2, 0.25) is 0 Å². The number of pyridine rings is 1. The fraction of sp³-hybridized carbons (Fsp3) is 0.115. The largest absolute Gasteiger partial charge is 0.386 e. The summed E-state index contributed by atoms with van der Waals surface area (Å²) < 4.78 is 0. The third kappa shape index (κ3) is 4.60. The summed E-state index contributed by atoms with van der Waals surface area (Å²) in [5, 5.41) is 15.0. The lowest BCUT2D eigenvalue weighted by Gasteiger charge is -2.30. The molecule has 0 fully saturated rings. The maximum absolute atomic E-state index is 11.3. The molecule has 4 rings (SSSR count).